The van der Waals surface area contributed by atoms with Crippen molar-refractivity contribution in [2.24, 2.45) is 0 Å². The lowest BCUT2D eigenvalue weighted by molar-refractivity contribution is -0.150. The third-order valence-corrected chi connectivity index (χ3v) is 5.25. The topological polar surface area (TPSA) is 78.9 Å². The van der Waals surface area contributed by atoms with E-state index in [1.54, 1.807) is 19.1 Å². The van der Waals surface area contributed by atoms with Gasteiger partial charge in [0.1, 0.15) is 24.0 Å². The molecule has 6 nitrogen and oxygen atoms in total. The Kier molecular flexibility index (Phi) is 19.6. The zero-order chi connectivity index (χ0) is 29.3. The predicted octanol–water partition coefficient (Wildman–Crippen LogP) is 8.18. The highest BCUT2D eigenvalue weighted by Gasteiger charge is 2.17. The Morgan fingerprint density at radius 1 is 0.750 bits per heavy atom. The third kappa shape index (κ3) is 18.3. The molecule has 0 aliphatic carbocycles. The Labute approximate surface area is 239 Å². The molecule has 0 aliphatic heterocycles. The van der Waals surface area contributed by atoms with Crippen molar-refractivity contribution in [2.45, 2.75) is 78.2 Å². The largest absolute Gasteiger partial charge is 0.459 e. The van der Waals surface area contributed by atoms with Crippen LogP contribution in [-0.2, 0) is 19.1 Å². The van der Waals surface area contributed by atoms with Crippen LogP contribution in [0.15, 0.2) is 97.2 Å². The predicted molar refractivity (Wildman–Crippen MR) is 161 cm³/mol. The molecular formula is C34H44O6. The number of rotatable bonds is 19. The lowest BCUT2D eigenvalue weighted by Gasteiger charge is -2.14. The standard InChI is InChI=1S/C34H44O6/c1-4-5-6-7-8-9-10-11-12-13-14-15-16-17-18-19-20-21-22-27-33(36)39-29(2)28-38-34(37)31-25-23-24-26-32(31)40-30(3)35/h5-6,8-9,11-12,14-15,17-18,20-21,23-26,29H,4,7,10,13,16,19,22,27-28H2,1-3H3/b6-5-,9-8-,12-11-,15-14-,18-17-,21-20-. The van der Waals surface area contributed by atoms with Crippen LogP contribution in [0, 0.1) is 0 Å². The molecule has 0 radical (unpaired) electrons. The van der Waals surface area contributed by atoms with Crippen LogP contribution in [0.3, 0.4) is 0 Å². The number of hydrogen-bond acceptors (Lipinski definition) is 6. The van der Waals surface area contributed by atoms with Crippen LogP contribution in [-0.4, -0.2) is 30.6 Å². The van der Waals surface area contributed by atoms with E-state index in [1.165, 1.54) is 19.1 Å². The summed E-state index contributed by atoms with van der Waals surface area (Å²) < 4.78 is 15.5. The van der Waals surface area contributed by atoms with Gasteiger partial charge in [-0.1, -0.05) is 92.0 Å². The number of esters is 3. The van der Waals surface area contributed by atoms with Crippen LogP contribution in [0.25, 0.3) is 0 Å². The molecule has 0 aliphatic rings. The minimum Gasteiger partial charge on any atom is -0.459 e. The molecule has 1 rings (SSSR count). The number of ether oxygens (including phenoxy) is 3. The fourth-order valence-electron chi connectivity index (χ4n) is 3.31. The third-order valence-electron chi connectivity index (χ3n) is 5.25. The maximum absolute atomic E-state index is 12.3. The van der Waals surface area contributed by atoms with Crippen molar-refractivity contribution < 1.29 is 28.6 Å². The van der Waals surface area contributed by atoms with Crippen molar-refractivity contribution in [3.8, 4) is 5.75 Å². The highest BCUT2D eigenvalue weighted by atomic mass is 16.6. The maximum atomic E-state index is 12.3. The average Bonchev–Trinajstić information content (AvgIpc) is 2.93. The van der Waals surface area contributed by atoms with Crippen molar-refractivity contribution in [1.82, 2.24) is 0 Å². The summed E-state index contributed by atoms with van der Waals surface area (Å²) in [6.45, 7) is 4.95. The molecule has 0 aromatic heterocycles. The van der Waals surface area contributed by atoms with Crippen LogP contribution in [0.1, 0.15) is 82.5 Å². The van der Waals surface area contributed by atoms with E-state index in [0.717, 1.165) is 38.5 Å². The van der Waals surface area contributed by atoms with Crippen LogP contribution in [0.5, 0.6) is 5.75 Å². The number of para-hydroxylation sites is 1. The van der Waals surface area contributed by atoms with Crippen LogP contribution in [0.4, 0.5) is 0 Å². The summed E-state index contributed by atoms with van der Waals surface area (Å²) in [5.41, 5.74) is 0.133. The molecule has 1 atom stereocenters. The molecule has 0 saturated heterocycles. The first kappa shape index (κ1) is 34.1. The van der Waals surface area contributed by atoms with Gasteiger partial charge in [-0.2, -0.15) is 0 Å². The van der Waals surface area contributed by atoms with E-state index < -0.39 is 18.0 Å². The van der Waals surface area contributed by atoms with E-state index >= 15 is 0 Å². The molecule has 0 fully saturated rings. The fourth-order valence-corrected chi connectivity index (χ4v) is 3.31. The summed E-state index contributed by atoms with van der Waals surface area (Å²) in [5.74, 6) is -1.42. The number of allylic oxidation sites excluding steroid dienone is 12. The van der Waals surface area contributed by atoms with Gasteiger partial charge in [-0.25, -0.2) is 4.79 Å². The minimum atomic E-state index is -0.655. The number of carbonyl (C=O) groups excluding carboxylic acids is 3. The average molecular weight is 549 g/mol. The quantitative estimate of drug-likeness (QED) is 0.0985. The monoisotopic (exact) mass is 548 g/mol. The van der Waals surface area contributed by atoms with E-state index in [2.05, 4.69) is 67.7 Å². The van der Waals surface area contributed by atoms with Gasteiger partial charge in [0.2, 0.25) is 0 Å². The summed E-state index contributed by atoms with van der Waals surface area (Å²) in [5, 5.41) is 0. The first-order chi connectivity index (χ1) is 19.4. The van der Waals surface area contributed by atoms with Crippen LogP contribution >= 0.6 is 0 Å². The molecule has 0 heterocycles. The molecule has 0 N–H and O–H groups in total. The van der Waals surface area contributed by atoms with Gasteiger partial charge in [-0.3, -0.25) is 9.59 Å². The van der Waals surface area contributed by atoms with Crippen molar-refractivity contribution in [2.75, 3.05) is 6.61 Å². The zero-order valence-electron chi connectivity index (χ0n) is 24.1. The normalized spacial score (nSPS) is 12.9. The van der Waals surface area contributed by atoms with E-state index in [9.17, 15) is 14.4 Å². The van der Waals surface area contributed by atoms with Crippen LogP contribution < -0.4 is 4.74 Å². The fraction of sp³-hybridized carbons (Fsp3) is 0.382. The smallest absolute Gasteiger partial charge is 0.342 e. The minimum absolute atomic E-state index is 0.0983. The molecule has 0 saturated carbocycles. The molecule has 6 heteroatoms. The van der Waals surface area contributed by atoms with E-state index in [0.29, 0.717) is 6.42 Å². The summed E-state index contributed by atoms with van der Waals surface area (Å²) in [7, 11) is 0. The van der Waals surface area contributed by atoms with Gasteiger partial charge in [0, 0.05) is 13.3 Å². The maximum Gasteiger partial charge on any atom is 0.342 e. The molecular weight excluding hydrogens is 504 g/mol. The molecule has 0 spiro atoms. The molecule has 1 aromatic rings. The Morgan fingerprint density at radius 3 is 1.77 bits per heavy atom. The van der Waals surface area contributed by atoms with E-state index in [4.69, 9.17) is 14.2 Å². The number of hydrogen-bond donors (Lipinski definition) is 0. The van der Waals surface area contributed by atoms with Gasteiger partial charge in [0.05, 0.1) is 0 Å². The molecule has 40 heavy (non-hydrogen) atoms. The molecule has 0 bridgehead atoms. The van der Waals surface area contributed by atoms with Crippen molar-refractivity contribution in [1.29, 1.82) is 0 Å². The van der Waals surface area contributed by atoms with Crippen molar-refractivity contribution in [3.05, 3.63) is 103 Å². The van der Waals surface area contributed by atoms with Gasteiger partial charge >= 0.3 is 17.9 Å². The lowest BCUT2D eigenvalue weighted by atomic mass is 10.2. The van der Waals surface area contributed by atoms with E-state index in [-0.39, 0.29) is 30.3 Å². The Balaban J connectivity index is 2.13. The molecule has 1 unspecified atom stereocenters. The van der Waals surface area contributed by atoms with Gasteiger partial charge in [-0.15, -0.1) is 0 Å². The second kappa shape index (κ2) is 23.0. The molecule has 1 aromatic carbocycles. The summed E-state index contributed by atoms with van der Waals surface area (Å²) >= 11 is 0. The number of carbonyl (C=O) groups is 3. The highest BCUT2D eigenvalue weighted by Crippen LogP contribution is 2.19. The van der Waals surface area contributed by atoms with E-state index in [1.807, 2.05) is 12.2 Å². The summed E-state index contributed by atoms with van der Waals surface area (Å²) in [6, 6.07) is 6.30. The first-order valence-corrected chi connectivity index (χ1v) is 14.0. The number of benzene rings is 1. The van der Waals surface area contributed by atoms with Gasteiger partial charge in [0.15, 0.2) is 0 Å². The second-order valence-corrected chi connectivity index (χ2v) is 8.94. The van der Waals surface area contributed by atoms with Gasteiger partial charge in [-0.05, 0) is 64.0 Å². The Bertz CT molecular complexity index is 1060. The Morgan fingerprint density at radius 2 is 1.25 bits per heavy atom. The highest BCUT2D eigenvalue weighted by molar-refractivity contribution is 5.93. The lowest BCUT2D eigenvalue weighted by Crippen LogP contribution is -2.22. The van der Waals surface area contributed by atoms with Crippen molar-refractivity contribution in [3.63, 3.8) is 0 Å². The van der Waals surface area contributed by atoms with Gasteiger partial charge in [0.25, 0.3) is 0 Å². The van der Waals surface area contributed by atoms with Crippen molar-refractivity contribution >= 4 is 17.9 Å². The summed E-state index contributed by atoms with van der Waals surface area (Å²) in [4.78, 5) is 35.6. The second-order valence-electron chi connectivity index (χ2n) is 8.94. The Hall–Kier alpha value is -3.93. The summed E-state index contributed by atoms with van der Waals surface area (Å²) in [6.07, 6.45) is 31.6. The van der Waals surface area contributed by atoms with Crippen LogP contribution in [0.2, 0.25) is 0 Å². The zero-order valence-corrected chi connectivity index (χ0v) is 24.1. The first-order valence-electron chi connectivity index (χ1n) is 14.0. The van der Waals surface area contributed by atoms with Gasteiger partial charge < -0.3 is 14.2 Å². The SMILES string of the molecule is CC/C=C\C/C=C\C/C=C\C/C=C\C/C=C\C/C=C\CCC(=O)OC(C)COC(=O)c1ccccc1OC(C)=O. The molecule has 216 valence electrons. The molecule has 0 amide bonds.